The summed E-state index contributed by atoms with van der Waals surface area (Å²) in [4.78, 5) is 29.5. The smallest absolute Gasteiger partial charge is 0.245 e. The van der Waals surface area contributed by atoms with Crippen molar-refractivity contribution < 1.29 is 14.1 Å². The second kappa shape index (κ2) is 4.75. The number of nitrogens with one attached hydrogen (secondary N) is 1. The largest absolute Gasteiger partial charge is 0.343 e. The van der Waals surface area contributed by atoms with Crippen molar-refractivity contribution in [2.75, 3.05) is 0 Å². The molecule has 2 atom stereocenters. The van der Waals surface area contributed by atoms with Gasteiger partial charge in [-0.2, -0.15) is 4.98 Å². The Balaban J connectivity index is 2.25. The first-order valence-corrected chi connectivity index (χ1v) is 5.86. The van der Waals surface area contributed by atoms with E-state index in [9.17, 15) is 9.59 Å². The number of carbonyl (C=O) groups excluding carboxylic acids is 2. The van der Waals surface area contributed by atoms with Crippen LogP contribution in [0.3, 0.4) is 0 Å². The lowest BCUT2D eigenvalue weighted by Gasteiger charge is -2.39. The van der Waals surface area contributed by atoms with Crippen molar-refractivity contribution in [2.45, 2.75) is 39.4 Å². The van der Waals surface area contributed by atoms with Gasteiger partial charge >= 0.3 is 0 Å². The number of rotatable bonds is 3. The number of hydrogen-bond donors (Lipinski definition) is 1. The predicted molar refractivity (Wildman–Crippen MR) is 61.1 cm³/mol. The molecule has 1 aromatic rings. The first-order chi connectivity index (χ1) is 8.50. The number of piperazine rings is 1. The summed E-state index contributed by atoms with van der Waals surface area (Å²) in [6, 6.07) is -1.01. The molecule has 7 nitrogen and oxygen atoms in total. The first kappa shape index (κ1) is 12.5. The fraction of sp³-hybridized carbons (Fsp3) is 0.636. The molecule has 0 saturated carbocycles. The highest BCUT2D eigenvalue weighted by atomic mass is 16.5. The van der Waals surface area contributed by atoms with Gasteiger partial charge < -0.3 is 14.7 Å². The maximum Gasteiger partial charge on any atom is 0.245 e. The number of carbonyl (C=O) groups is 2. The van der Waals surface area contributed by atoms with Crippen LogP contribution in [0.4, 0.5) is 0 Å². The van der Waals surface area contributed by atoms with Crippen LogP contribution in [0, 0.1) is 5.92 Å². The van der Waals surface area contributed by atoms with E-state index in [1.807, 2.05) is 13.8 Å². The zero-order valence-corrected chi connectivity index (χ0v) is 10.6. The quantitative estimate of drug-likeness (QED) is 0.814. The van der Waals surface area contributed by atoms with Gasteiger partial charge in [-0.1, -0.05) is 19.0 Å². The molecule has 0 aromatic carbocycles. The van der Waals surface area contributed by atoms with Crippen molar-refractivity contribution in [2.24, 2.45) is 5.92 Å². The molecule has 1 aromatic heterocycles. The number of amides is 2. The van der Waals surface area contributed by atoms with Crippen molar-refractivity contribution in [3.05, 3.63) is 12.2 Å². The van der Waals surface area contributed by atoms with E-state index in [-0.39, 0.29) is 24.3 Å². The van der Waals surface area contributed by atoms with Crippen LogP contribution in [-0.2, 0) is 16.1 Å². The van der Waals surface area contributed by atoms with Gasteiger partial charge in [-0.05, 0) is 12.8 Å². The second-order valence-electron chi connectivity index (χ2n) is 4.73. The third-order valence-corrected chi connectivity index (χ3v) is 2.97. The molecule has 2 rings (SSSR count). The Labute approximate surface area is 105 Å². The summed E-state index contributed by atoms with van der Waals surface area (Å²) >= 11 is 0. The maximum absolute atomic E-state index is 12.1. The van der Waals surface area contributed by atoms with Crippen LogP contribution in [0.5, 0.6) is 0 Å². The van der Waals surface area contributed by atoms with Gasteiger partial charge in [0, 0.05) is 0 Å². The van der Waals surface area contributed by atoms with Gasteiger partial charge in [0.25, 0.3) is 0 Å². The highest BCUT2D eigenvalue weighted by molar-refractivity contribution is 5.96. The summed E-state index contributed by atoms with van der Waals surface area (Å²) in [7, 11) is 0. The average Bonchev–Trinajstić information content (AvgIpc) is 2.77. The van der Waals surface area contributed by atoms with Gasteiger partial charge in [0.2, 0.25) is 18.2 Å². The van der Waals surface area contributed by atoms with Crippen LogP contribution in [0.1, 0.15) is 26.6 Å². The van der Waals surface area contributed by atoms with Gasteiger partial charge in [0.05, 0.1) is 6.54 Å². The zero-order valence-electron chi connectivity index (χ0n) is 10.6. The van der Waals surface area contributed by atoms with E-state index < -0.39 is 12.1 Å². The summed E-state index contributed by atoms with van der Waals surface area (Å²) in [5.74, 6) is 0.156. The molecule has 1 N–H and O–H groups in total. The Bertz CT molecular complexity index is 443. The molecule has 0 bridgehead atoms. The molecular weight excluding hydrogens is 236 g/mol. The van der Waals surface area contributed by atoms with E-state index in [2.05, 4.69) is 20.0 Å². The van der Waals surface area contributed by atoms with Gasteiger partial charge in [0.1, 0.15) is 12.1 Å². The molecule has 98 valence electrons. The summed E-state index contributed by atoms with van der Waals surface area (Å²) in [5, 5.41) is 6.35. The minimum Gasteiger partial charge on any atom is -0.343 e. The zero-order chi connectivity index (χ0) is 13.3. The van der Waals surface area contributed by atoms with Crippen molar-refractivity contribution >= 4 is 11.8 Å². The topological polar surface area (TPSA) is 88.3 Å². The molecular formula is C11H16N4O3. The van der Waals surface area contributed by atoms with Gasteiger partial charge in [-0.15, -0.1) is 0 Å². The van der Waals surface area contributed by atoms with Crippen LogP contribution in [-0.4, -0.2) is 38.9 Å². The molecule has 0 aliphatic carbocycles. The Morgan fingerprint density at radius 2 is 2.22 bits per heavy atom. The predicted octanol–water partition coefficient (Wildman–Crippen LogP) is -0.0589. The molecule has 1 aliphatic rings. The van der Waals surface area contributed by atoms with E-state index in [1.54, 1.807) is 6.92 Å². The van der Waals surface area contributed by atoms with Crippen LogP contribution in [0.25, 0.3) is 0 Å². The Hall–Kier alpha value is -1.92. The van der Waals surface area contributed by atoms with Gasteiger partial charge in [-0.3, -0.25) is 9.59 Å². The fourth-order valence-corrected chi connectivity index (χ4v) is 2.14. The molecule has 2 unspecified atom stereocenters. The Kier molecular flexibility index (Phi) is 3.31. The molecule has 2 heterocycles. The molecule has 1 saturated heterocycles. The second-order valence-corrected chi connectivity index (χ2v) is 4.73. The molecule has 0 radical (unpaired) electrons. The van der Waals surface area contributed by atoms with E-state index in [0.717, 1.165) is 0 Å². The first-order valence-electron chi connectivity index (χ1n) is 5.86. The summed E-state index contributed by atoms with van der Waals surface area (Å²) in [5.41, 5.74) is 0. The number of aromatic nitrogens is 2. The SMILES string of the molecule is CC1NC(=O)C(C(C)C)N(Cc2ncon2)C1=O. The molecule has 1 aliphatic heterocycles. The third kappa shape index (κ3) is 2.20. The van der Waals surface area contributed by atoms with Crippen molar-refractivity contribution in [3.8, 4) is 0 Å². The highest BCUT2D eigenvalue weighted by Gasteiger charge is 2.40. The number of hydrogen-bond acceptors (Lipinski definition) is 5. The Morgan fingerprint density at radius 3 is 2.78 bits per heavy atom. The molecule has 1 fully saturated rings. The minimum atomic E-state index is -0.514. The summed E-state index contributed by atoms with van der Waals surface area (Å²) in [6.07, 6.45) is 1.21. The van der Waals surface area contributed by atoms with Gasteiger partial charge in [0.15, 0.2) is 5.82 Å². The molecule has 2 amide bonds. The lowest BCUT2D eigenvalue weighted by molar-refractivity contribution is -0.151. The van der Waals surface area contributed by atoms with Crippen LogP contribution in [0.15, 0.2) is 10.9 Å². The Morgan fingerprint density at radius 1 is 1.50 bits per heavy atom. The monoisotopic (exact) mass is 252 g/mol. The van der Waals surface area contributed by atoms with Gasteiger partial charge in [-0.25, -0.2) is 0 Å². The fourth-order valence-electron chi connectivity index (χ4n) is 2.14. The van der Waals surface area contributed by atoms with E-state index in [0.29, 0.717) is 5.82 Å². The van der Waals surface area contributed by atoms with E-state index in [1.165, 1.54) is 11.3 Å². The molecule has 7 heteroatoms. The van der Waals surface area contributed by atoms with Crippen molar-refractivity contribution in [3.63, 3.8) is 0 Å². The van der Waals surface area contributed by atoms with Crippen LogP contribution >= 0.6 is 0 Å². The minimum absolute atomic E-state index is 0.0216. The third-order valence-electron chi connectivity index (χ3n) is 2.97. The summed E-state index contributed by atoms with van der Waals surface area (Å²) < 4.78 is 4.64. The van der Waals surface area contributed by atoms with Crippen LogP contribution < -0.4 is 5.32 Å². The highest BCUT2D eigenvalue weighted by Crippen LogP contribution is 2.19. The molecule has 18 heavy (non-hydrogen) atoms. The lowest BCUT2D eigenvalue weighted by atomic mass is 9.97. The van der Waals surface area contributed by atoms with Crippen molar-refractivity contribution in [1.29, 1.82) is 0 Å². The molecule has 0 spiro atoms. The number of nitrogens with zero attached hydrogens (tertiary/aromatic N) is 3. The lowest BCUT2D eigenvalue weighted by Crippen LogP contribution is -2.63. The van der Waals surface area contributed by atoms with E-state index in [4.69, 9.17) is 0 Å². The standard InChI is InChI=1S/C11H16N4O3/c1-6(2)9-10(16)13-7(3)11(17)15(9)4-8-12-5-18-14-8/h5-7,9H,4H2,1-3H3,(H,13,16). The maximum atomic E-state index is 12.1. The summed E-state index contributed by atoms with van der Waals surface area (Å²) in [6.45, 7) is 5.66. The van der Waals surface area contributed by atoms with Crippen molar-refractivity contribution in [1.82, 2.24) is 20.4 Å². The van der Waals surface area contributed by atoms with E-state index >= 15 is 0 Å². The average molecular weight is 252 g/mol. The normalized spacial score (nSPS) is 24.6. The van der Waals surface area contributed by atoms with Crippen LogP contribution in [0.2, 0.25) is 0 Å².